The van der Waals surface area contributed by atoms with Crippen LogP contribution in [-0.4, -0.2) is 0 Å². The average molecular weight is 253 g/mol. The zero-order valence-corrected chi connectivity index (χ0v) is 12.3. The van der Waals surface area contributed by atoms with Crippen molar-refractivity contribution in [1.82, 2.24) is 5.32 Å². The number of hydrogen-bond acceptors (Lipinski definition) is 1. The highest BCUT2D eigenvalue weighted by atomic mass is 14.9. The Hall–Kier alpha value is -1.60. The van der Waals surface area contributed by atoms with Crippen LogP contribution in [0.15, 0.2) is 48.5 Å². The van der Waals surface area contributed by atoms with E-state index in [0.717, 1.165) is 0 Å². The van der Waals surface area contributed by atoms with Crippen LogP contribution in [0.4, 0.5) is 0 Å². The van der Waals surface area contributed by atoms with Gasteiger partial charge in [-0.1, -0.05) is 59.7 Å². The fraction of sp³-hybridized carbons (Fsp3) is 0.333. The van der Waals surface area contributed by atoms with Gasteiger partial charge in [-0.25, -0.2) is 0 Å². The first-order valence-electron chi connectivity index (χ1n) is 6.95. The number of aryl methyl sites for hydroxylation is 2. The van der Waals surface area contributed by atoms with E-state index in [-0.39, 0.29) is 0 Å². The fourth-order valence-corrected chi connectivity index (χ4v) is 2.36. The molecule has 0 saturated heterocycles. The SMILES string of the molecule is Cc1ccc(C(C)N[C@@H](C)c2cccc(C)c2)cc1. The van der Waals surface area contributed by atoms with Gasteiger partial charge < -0.3 is 5.32 Å². The summed E-state index contributed by atoms with van der Waals surface area (Å²) in [5.41, 5.74) is 5.31. The van der Waals surface area contributed by atoms with Gasteiger partial charge in [-0.3, -0.25) is 0 Å². The lowest BCUT2D eigenvalue weighted by Gasteiger charge is -2.21. The van der Waals surface area contributed by atoms with Gasteiger partial charge in [0.25, 0.3) is 0 Å². The minimum Gasteiger partial charge on any atom is -0.304 e. The summed E-state index contributed by atoms with van der Waals surface area (Å²) in [6.45, 7) is 8.70. The highest BCUT2D eigenvalue weighted by Gasteiger charge is 2.10. The molecule has 2 atom stereocenters. The van der Waals surface area contributed by atoms with Crippen molar-refractivity contribution in [2.75, 3.05) is 0 Å². The normalized spacial score (nSPS) is 14.1. The van der Waals surface area contributed by atoms with E-state index in [9.17, 15) is 0 Å². The van der Waals surface area contributed by atoms with Gasteiger partial charge in [0.05, 0.1) is 0 Å². The third kappa shape index (κ3) is 3.68. The molecule has 1 N–H and O–H groups in total. The van der Waals surface area contributed by atoms with Gasteiger partial charge in [0, 0.05) is 12.1 Å². The van der Waals surface area contributed by atoms with Gasteiger partial charge in [-0.05, 0) is 38.8 Å². The predicted octanol–water partition coefficient (Wildman–Crippen LogP) is 4.72. The van der Waals surface area contributed by atoms with Gasteiger partial charge in [0.15, 0.2) is 0 Å². The van der Waals surface area contributed by atoms with Crippen LogP contribution < -0.4 is 5.32 Å². The number of hydrogen-bond donors (Lipinski definition) is 1. The zero-order chi connectivity index (χ0) is 13.8. The molecule has 0 fully saturated rings. The van der Waals surface area contributed by atoms with Gasteiger partial charge in [-0.15, -0.1) is 0 Å². The van der Waals surface area contributed by atoms with Crippen molar-refractivity contribution in [1.29, 1.82) is 0 Å². The van der Waals surface area contributed by atoms with Gasteiger partial charge in [0.2, 0.25) is 0 Å². The second-order valence-corrected chi connectivity index (χ2v) is 5.43. The summed E-state index contributed by atoms with van der Waals surface area (Å²) in [5.74, 6) is 0. The molecule has 0 radical (unpaired) electrons. The van der Waals surface area contributed by atoms with E-state index in [4.69, 9.17) is 0 Å². The van der Waals surface area contributed by atoms with Crippen LogP contribution in [0.25, 0.3) is 0 Å². The third-order valence-electron chi connectivity index (χ3n) is 3.62. The van der Waals surface area contributed by atoms with E-state index in [1.54, 1.807) is 0 Å². The Bertz CT molecular complexity index is 528. The molecule has 19 heavy (non-hydrogen) atoms. The van der Waals surface area contributed by atoms with Gasteiger partial charge in [-0.2, -0.15) is 0 Å². The Labute approximate surface area is 116 Å². The third-order valence-corrected chi connectivity index (χ3v) is 3.62. The van der Waals surface area contributed by atoms with Gasteiger partial charge >= 0.3 is 0 Å². The van der Waals surface area contributed by atoms with E-state index in [1.165, 1.54) is 22.3 Å². The zero-order valence-electron chi connectivity index (χ0n) is 12.3. The standard InChI is InChI=1S/C18H23N/c1-13-8-10-17(11-9-13)15(3)19-16(4)18-7-5-6-14(2)12-18/h5-12,15-16,19H,1-4H3/t15?,16-/m0/s1. The van der Waals surface area contributed by atoms with Crippen molar-refractivity contribution < 1.29 is 0 Å². The van der Waals surface area contributed by atoms with E-state index >= 15 is 0 Å². The second kappa shape index (κ2) is 6.03. The monoisotopic (exact) mass is 253 g/mol. The Morgan fingerprint density at radius 1 is 0.737 bits per heavy atom. The summed E-state index contributed by atoms with van der Waals surface area (Å²) in [4.78, 5) is 0. The van der Waals surface area contributed by atoms with Crippen LogP contribution >= 0.6 is 0 Å². The fourth-order valence-electron chi connectivity index (χ4n) is 2.36. The second-order valence-electron chi connectivity index (χ2n) is 5.43. The molecule has 100 valence electrons. The molecule has 0 saturated carbocycles. The van der Waals surface area contributed by atoms with E-state index in [0.29, 0.717) is 12.1 Å². The first kappa shape index (κ1) is 13.8. The van der Waals surface area contributed by atoms with Crippen molar-refractivity contribution >= 4 is 0 Å². The molecule has 1 nitrogen and oxygen atoms in total. The van der Waals surface area contributed by atoms with Gasteiger partial charge in [0.1, 0.15) is 0 Å². The van der Waals surface area contributed by atoms with Crippen LogP contribution in [0, 0.1) is 13.8 Å². The van der Waals surface area contributed by atoms with E-state index in [1.807, 2.05) is 0 Å². The van der Waals surface area contributed by atoms with Crippen molar-refractivity contribution in [3.63, 3.8) is 0 Å². The summed E-state index contributed by atoms with van der Waals surface area (Å²) >= 11 is 0. The topological polar surface area (TPSA) is 12.0 Å². The molecule has 0 spiro atoms. The minimum absolute atomic E-state index is 0.358. The van der Waals surface area contributed by atoms with Crippen molar-refractivity contribution in [2.24, 2.45) is 0 Å². The predicted molar refractivity (Wildman–Crippen MR) is 82.3 cm³/mol. The quantitative estimate of drug-likeness (QED) is 0.831. The Kier molecular flexibility index (Phi) is 4.39. The average Bonchev–Trinajstić information content (AvgIpc) is 2.39. The molecule has 0 heterocycles. The molecule has 0 aliphatic carbocycles. The summed E-state index contributed by atoms with van der Waals surface area (Å²) in [7, 11) is 0. The minimum atomic E-state index is 0.358. The summed E-state index contributed by atoms with van der Waals surface area (Å²) in [6.07, 6.45) is 0. The Balaban J connectivity index is 2.06. The molecular formula is C18H23N. The van der Waals surface area contributed by atoms with Crippen molar-refractivity contribution in [3.8, 4) is 0 Å². The van der Waals surface area contributed by atoms with Crippen LogP contribution in [0.1, 0.15) is 48.2 Å². The molecule has 0 bridgehead atoms. The largest absolute Gasteiger partial charge is 0.304 e. The Morgan fingerprint density at radius 2 is 1.37 bits per heavy atom. The summed E-state index contributed by atoms with van der Waals surface area (Å²) in [6, 6.07) is 18.2. The van der Waals surface area contributed by atoms with Crippen LogP contribution in [0.5, 0.6) is 0 Å². The Morgan fingerprint density at radius 3 is 2.00 bits per heavy atom. The molecule has 0 aliphatic rings. The maximum Gasteiger partial charge on any atom is 0.0297 e. The first-order chi connectivity index (χ1) is 9.06. The molecule has 2 rings (SSSR count). The van der Waals surface area contributed by atoms with Crippen LogP contribution in [-0.2, 0) is 0 Å². The molecule has 1 heteroatoms. The molecule has 2 aromatic carbocycles. The highest BCUT2D eigenvalue weighted by molar-refractivity contribution is 5.27. The maximum absolute atomic E-state index is 3.66. The van der Waals surface area contributed by atoms with Crippen molar-refractivity contribution in [3.05, 3.63) is 70.8 Å². The molecule has 2 aromatic rings. The number of nitrogens with one attached hydrogen (secondary N) is 1. The number of benzene rings is 2. The van der Waals surface area contributed by atoms with E-state index < -0.39 is 0 Å². The lowest BCUT2D eigenvalue weighted by Crippen LogP contribution is -2.22. The summed E-state index contributed by atoms with van der Waals surface area (Å²) in [5, 5.41) is 3.66. The number of rotatable bonds is 4. The first-order valence-corrected chi connectivity index (χ1v) is 6.95. The molecule has 0 amide bonds. The molecule has 0 aliphatic heterocycles. The molecule has 1 unspecified atom stereocenters. The molecule has 0 aromatic heterocycles. The highest BCUT2D eigenvalue weighted by Crippen LogP contribution is 2.20. The van der Waals surface area contributed by atoms with Crippen LogP contribution in [0.3, 0.4) is 0 Å². The van der Waals surface area contributed by atoms with Crippen LogP contribution in [0.2, 0.25) is 0 Å². The lowest BCUT2D eigenvalue weighted by molar-refractivity contribution is 0.494. The van der Waals surface area contributed by atoms with E-state index in [2.05, 4.69) is 81.5 Å². The smallest absolute Gasteiger partial charge is 0.0297 e. The molecular weight excluding hydrogens is 230 g/mol. The van der Waals surface area contributed by atoms with Crippen molar-refractivity contribution in [2.45, 2.75) is 39.8 Å². The maximum atomic E-state index is 3.66. The summed E-state index contributed by atoms with van der Waals surface area (Å²) < 4.78 is 0. The lowest BCUT2D eigenvalue weighted by atomic mass is 10.0.